The molecule has 0 aromatic heterocycles. The average Bonchev–Trinajstić information content (AvgIpc) is 2.31. The first kappa shape index (κ1) is 15.0. The van der Waals surface area contributed by atoms with Crippen molar-refractivity contribution in [2.45, 2.75) is 58.0 Å². The molecule has 1 saturated heterocycles. The van der Waals surface area contributed by atoms with Crippen LogP contribution in [-0.2, 0) is 9.59 Å². The summed E-state index contributed by atoms with van der Waals surface area (Å²) < 4.78 is 0. The Kier molecular flexibility index (Phi) is 6.12. The van der Waals surface area contributed by atoms with Crippen molar-refractivity contribution in [2.75, 3.05) is 13.1 Å². The van der Waals surface area contributed by atoms with E-state index >= 15 is 0 Å². The summed E-state index contributed by atoms with van der Waals surface area (Å²) in [6.07, 6.45) is 4.98. The molecule has 1 fully saturated rings. The summed E-state index contributed by atoms with van der Waals surface area (Å²) in [6.45, 7) is 5.75. The van der Waals surface area contributed by atoms with Crippen molar-refractivity contribution in [1.82, 2.24) is 10.2 Å². The molecule has 1 amide bonds. The van der Waals surface area contributed by atoms with Crippen LogP contribution in [0.15, 0.2) is 0 Å². The van der Waals surface area contributed by atoms with Crippen LogP contribution in [0.25, 0.3) is 0 Å². The molecular weight excluding hydrogens is 232 g/mol. The van der Waals surface area contributed by atoms with Gasteiger partial charge in [-0.3, -0.25) is 9.59 Å². The van der Waals surface area contributed by atoms with Gasteiger partial charge in [-0.1, -0.05) is 6.42 Å². The number of hydrogen-bond donors (Lipinski definition) is 2. The largest absolute Gasteiger partial charge is 0.480 e. The SMILES string of the molecule is CC(NC(=O)CCCN1CCCCC1C)C(=O)O. The summed E-state index contributed by atoms with van der Waals surface area (Å²) in [5, 5.41) is 11.1. The Balaban J connectivity index is 2.16. The molecule has 1 aliphatic heterocycles. The number of rotatable bonds is 6. The number of carbonyl (C=O) groups is 2. The van der Waals surface area contributed by atoms with Crippen molar-refractivity contribution < 1.29 is 14.7 Å². The molecule has 0 aromatic rings. The van der Waals surface area contributed by atoms with Gasteiger partial charge >= 0.3 is 5.97 Å². The molecular formula is C13H24N2O3. The van der Waals surface area contributed by atoms with Gasteiger partial charge < -0.3 is 15.3 Å². The number of likely N-dealkylation sites (tertiary alicyclic amines) is 1. The van der Waals surface area contributed by atoms with Crippen LogP contribution in [0.5, 0.6) is 0 Å². The monoisotopic (exact) mass is 256 g/mol. The van der Waals surface area contributed by atoms with Crippen LogP contribution in [0.3, 0.4) is 0 Å². The van der Waals surface area contributed by atoms with E-state index in [2.05, 4.69) is 17.1 Å². The molecule has 0 aliphatic carbocycles. The lowest BCUT2D eigenvalue weighted by Crippen LogP contribution is -2.40. The van der Waals surface area contributed by atoms with Crippen LogP contribution >= 0.6 is 0 Å². The van der Waals surface area contributed by atoms with Crippen LogP contribution in [0.4, 0.5) is 0 Å². The molecule has 0 radical (unpaired) electrons. The normalized spacial score (nSPS) is 22.4. The van der Waals surface area contributed by atoms with E-state index in [0.717, 1.165) is 19.5 Å². The van der Waals surface area contributed by atoms with Crippen molar-refractivity contribution in [3.63, 3.8) is 0 Å². The fourth-order valence-corrected chi connectivity index (χ4v) is 2.31. The van der Waals surface area contributed by atoms with Gasteiger partial charge in [-0.25, -0.2) is 0 Å². The molecule has 1 rings (SSSR count). The first-order valence-corrected chi connectivity index (χ1v) is 6.77. The summed E-state index contributed by atoms with van der Waals surface area (Å²) in [5.41, 5.74) is 0. The number of piperidine rings is 1. The summed E-state index contributed by atoms with van der Waals surface area (Å²) in [5.74, 6) is -1.16. The third kappa shape index (κ3) is 5.04. The van der Waals surface area contributed by atoms with Gasteiger partial charge in [0.25, 0.3) is 0 Å². The minimum Gasteiger partial charge on any atom is -0.480 e. The lowest BCUT2D eigenvalue weighted by Gasteiger charge is -2.33. The Hall–Kier alpha value is -1.10. The predicted octanol–water partition coefficient (Wildman–Crippen LogP) is 1.23. The fraction of sp³-hybridized carbons (Fsp3) is 0.846. The molecule has 1 aliphatic rings. The quantitative estimate of drug-likeness (QED) is 0.750. The van der Waals surface area contributed by atoms with Gasteiger partial charge in [-0.05, 0) is 46.2 Å². The topological polar surface area (TPSA) is 69.6 Å². The minimum absolute atomic E-state index is 0.172. The third-order valence-corrected chi connectivity index (χ3v) is 3.54. The number of nitrogens with one attached hydrogen (secondary N) is 1. The number of carboxylic acid groups (broad SMARTS) is 1. The Morgan fingerprint density at radius 2 is 2.17 bits per heavy atom. The standard InChI is InChI=1S/C13H24N2O3/c1-10-6-3-4-8-15(10)9-5-7-12(16)14-11(2)13(17)18/h10-11H,3-9H2,1-2H3,(H,14,16)(H,17,18). The van der Waals surface area contributed by atoms with Crippen LogP contribution in [0.1, 0.15) is 46.0 Å². The van der Waals surface area contributed by atoms with Crippen LogP contribution < -0.4 is 5.32 Å². The Morgan fingerprint density at radius 3 is 2.78 bits per heavy atom. The van der Waals surface area contributed by atoms with E-state index in [1.165, 1.54) is 26.2 Å². The van der Waals surface area contributed by atoms with E-state index in [1.807, 2.05) is 0 Å². The first-order valence-electron chi connectivity index (χ1n) is 6.77. The van der Waals surface area contributed by atoms with E-state index in [4.69, 9.17) is 5.11 Å². The highest BCUT2D eigenvalue weighted by atomic mass is 16.4. The number of hydrogen-bond acceptors (Lipinski definition) is 3. The van der Waals surface area contributed by atoms with Crippen molar-refractivity contribution in [3.8, 4) is 0 Å². The second-order valence-electron chi connectivity index (χ2n) is 5.11. The highest BCUT2D eigenvalue weighted by molar-refractivity contribution is 5.83. The zero-order chi connectivity index (χ0) is 13.5. The lowest BCUT2D eigenvalue weighted by atomic mass is 10.0. The van der Waals surface area contributed by atoms with Crippen molar-refractivity contribution in [2.24, 2.45) is 0 Å². The highest BCUT2D eigenvalue weighted by Crippen LogP contribution is 2.16. The van der Waals surface area contributed by atoms with E-state index in [0.29, 0.717) is 12.5 Å². The average molecular weight is 256 g/mol. The number of carboxylic acids is 1. The van der Waals surface area contributed by atoms with Crippen molar-refractivity contribution in [1.29, 1.82) is 0 Å². The van der Waals surface area contributed by atoms with Gasteiger partial charge in [0.1, 0.15) is 6.04 Å². The lowest BCUT2D eigenvalue weighted by molar-refractivity contribution is -0.141. The van der Waals surface area contributed by atoms with Crippen molar-refractivity contribution in [3.05, 3.63) is 0 Å². The van der Waals surface area contributed by atoms with Gasteiger partial charge in [0.2, 0.25) is 5.91 Å². The highest BCUT2D eigenvalue weighted by Gasteiger charge is 2.18. The fourth-order valence-electron chi connectivity index (χ4n) is 2.31. The van der Waals surface area contributed by atoms with E-state index in [9.17, 15) is 9.59 Å². The molecule has 5 heteroatoms. The smallest absolute Gasteiger partial charge is 0.325 e. The maximum Gasteiger partial charge on any atom is 0.325 e. The molecule has 2 unspecified atom stereocenters. The van der Waals surface area contributed by atoms with Gasteiger partial charge in [-0.15, -0.1) is 0 Å². The van der Waals surface area contributed by atoms with Gasteiger partial charge in [0, 0.05) is 12.5 Å². The summed E-state index contributed by atoms with van der Waals surface area (Å²) >= 11 is 0. The number of nitrogens with zero attached hydrogens (tertiary/aromatic N) is 1. The number of aliphatic carboxylic acids is 1. The van der Waals surface area contributed by atoms with Gasteiger partial charge in [0.15, 0.2) is 0 Å². The Bertz CT molecular complexity index is 294. The zero-order valence-corrected chi connectivity index (χ0v) is 11.3. The molecule has 104 valence electrons. The van der Waals surface area contributed by atoms with Crippen LogP contribution in [0, 0.1) is 0 Å². The maximum atomic E-state index is 11.5. The first-order chi connectivity index (χ1) is 8.50. The predicted molar refractivity (Wildman–Crippen MR) is 69.4 cm³/mol. The molecule has 18 heavy (non-hydrogen) atoms. The second-order valence-corrected chi connectivity index (χ2v) is 5.11. The molecule has 2 atom stereocenters. The molecule has 1 heterocycles. The number of carbonyl (C=O) groups excluding carboxylic acids is 1. The maximum absolute atomic E-state index is 11.5. The molecule has 0 saturated carbocycles. The molecule has 0 aromatic carbocycles. The minimum atomic E-state index is -0.993. The summed E-state index contributed by atoms with van der Waals surface area (Å²) in [6, 6.07) is -0.189. The van der Waals surface area contributed by atoms with E-state index in [-0.39, 0.29) is 5.91 Å². The zero-order valence-electron chi connectivity index (χ0n) is 11.3. The second kappa shape index (κ2) is 7.36. The molecule has 5 nitrogen and oxygen atoms in total. The van der Waals surface area contributed by atoms with Gasteiger partial charge in [0.05, 0.1) is 0 Å². The molecule has 2 N–H and O–H groups in total. The van der Waals surface area contributed by atoms with Crippen molar-refractivity contribution >= 4 is 11.9 Å². The molecule has 0 spiro atoms. The van der Waals surface area contributed by atoms with E-state index in [1.54, 1.807) is 0 Å². The number of amides is 1. The van der Waals surface area contributed by atoms with Crippen LogP contribution in [0.2, 0.25) is 0 Å². The third-order valence-electron chi connectivity index (χ3n) is 3.54. The van der Waals surface area contributed by atoms with Gasteiger partial charge in [-0.2, -0.15) is 0 Å². The molecule has 0 bridgehead atoms. The Labute approximate surface area is 109 Å². The summed E-state index contributed by atoms with van der Waals surface area (Å²) in [4.78, 5) is 24.5. The van der Waals surface area contributed by atoms with Crippen LogP contribution in [-0.4, -0.2) is 47.1 Å². The van der Waals surface area contributed by atoms with E-state index < -0.39 is 12.0 Å². The Morgan fingerprint density at radius 1 is 1.44 bits per heavy atom. The summed E-state index contributed by atoms with van der Waals surface area (Å²) in [7, 11) is 0.